The maximum atomic E-state index is 7.32. The monoisotopic (exact) mass is 263 g/mol. The van der Waals surface area contributed by atoms with Gasteiger partial charge in [0.25, 0.3) is 0 Å². The van der Waals surface area contributed by atoms with Gasteiger partial charge in [0, 0.05) is 18.2 Å². The van der Waals surface area contributed by atoms with Crippen molar-refractivity contribution in [2.75, 3.05) is 20.2 Å². The lowest BCUT2D eigenvalue weighted by molar-refractivity contribution is 0.170. The van der Waals surface area contributed by atoms with Crippen molar-refractivity contribution in [3.05, 3.63) is 29.8 Å². The molecule has 1 atom stereocenters. The first-order valence-electron chi connectivity index (χ1n) is 6.69. The summed E-state index contributed by atoms with van der Waals surface area (Å²) in [4.78, 5) is 2.30. The highest BCUT2D eigenvalue weighted by atomic mass is 16.5. The topological polar surface area (TPSA) is 62.3 Å². The van der Waals surface area contributed by atoms with Crippen LogP contribution >= 0.6 is 0 Å². The largest absolute Gasteiger partial charge is 0.492 e. The number of benzene rings is 1. The zero-order valence-corrected chi connectivity index (χ0v) is 12.3. The summed E-state index contributed by atoms with van der Waals surface area (Å²) < 4.78 is 5.69. The van der Waals surface area contributed by atoms with Crippen molar-refractivity contribution < 1.29 is 4.74 Å². The number of ether oxygens (including phenoxy) is 1. The number of amidine groups is 1. The summed E-state index contributed by atoms with van der Waals surface area (Å²) in [6, 6.07) is 7.85. The molecule has 106 valence electrons. The Balaban J connectivity index is 2.39. The number of nitrogens with two attached hydrogens (primary N) is 1. The average molecular weight is 263 g/mol. The van der Waals surface area contributed by atoms with Gasteiger partial charge in [-0.25, -0.2) is 0 Å². The summed E-state index contributed by atoms with van der Waals surface area (Å²) in [7, 11) is 2.12. The molecule has 0 spiro atoms. The maximum Gasteiger partial charge on any atom is 0.122 e. The molecule has 0 radical (unpaired) electrons. The molecule has 0 aromatic heterocycles. The van der Waals surface area contributed by atoms with E-state index in [1.165, 1.54) is 0 Å². The molecule has 0 heterocycles. The highest BCUT2D eigenvalue weighted by Crippen LogP contribution is 2.12. The van der Waals surface area contributed by atoms with Crippen molar-refractivity contribution in [3.63, 3.8) is 0 Å². The van der Waals surface area contributed by atoms with E-state index >= 15 is 0 Å². The summed E-state index contributed by atoms with van der Waals surface area (Å²) in [6.45, 7) is 8.23. The lowest BCUT2D eigenvalue weighted by Crippen LogP contribution is -2.36. The van der Waals surface area contributed by atoms with Gasteiger partial charge in [0.05, 0.1) is 0 Å². The molecular weight excluding hydrogens is 238 g/mol. The molecule has 0 bridgehead atoms. The molecule has 0 aliphatic heterocycles. The molecule has 0 saturated carbocycles. The Labute approximate surface area is 116 Å². The van der Waals surface area contributed by atoms with Gasteiger partial charge in [-0.3, -0.25) is 5.41 Å². The standard InChI is InChI=1S/C15H25N3O/c1-11(2)12(3)18(4)9-10-19-14-7-5-13(6-8-14)15(16)17/h5-8,11-12H,9-10H2,1-4H3,(H3,16,17). The quantitative estimate of drug-likeness (QED) is 0.586. The van der Waals surface area contributed by atoms with Gasteiger partial charge in [0.2, 0.25) is 0 Å². The van der Waals surface area contributed by atoms with Gasteiger partial charge in [-0.1, -0.05) is 13.8 Å². The molecule has 0 fully saturated rings. The number of hydrogen-bond donors (Lipinski definition) is 2. The predicted octanol–water partition coefficient (Wildman–Crippen LogP) is 2.33. The first-order valence-corrected chi connectivity index (χ1v) is 6.69. The zero-order valence-electron chi connectivity index (χ0n) is 12.3. The van der Waals surface area contributed by atoms with E-state index in [9.17, 15) is 0 Å². The number of nitrogens with zero attached hydrogens (tertiary/aromatic N) is 1. The minimum atomic E-state index is 0.0806. The molecule has 0 saturated heterocycles. The Morgan fingerprint density at radius 1 is 1.26 bits per heavy atom. The minimum absolute atomic E-state index is 0.0806. The van der Waals surface area contributed by atoms with Crippen LogP contribution in [0.25, 0.3) is 0 Å². The van der Waals surface area contributed by atoms with Crippen LogP contribution in [0.5, 0.6) is 5.75 Å². The summed E-state index contributed by atoms with van der Waals surface area (Å²) in [5.41, 5.74) is 6.12. The Hall–Kier alpha value is -1.55. The molecule has 0 amide bonds. The highest BCUT2D eigenvalue weighted by molar-refractivity contribution is 5.94. The van der Waals surface area contributed by atoms with Crippen LogP contribution in [0.1, 0.15) is 26.3 Å². The lowest BCUT2D eigenvalue weighted by atomic mass is 10.1. The second kappa shape index (κ2) is 7.14. The smallest absolute Gasteiger partial charge is 0.122 e. The Morgan fingerprint density at radius 2 is 1.84 bits per heavy atom. The van der Waals surface area contributed by atoms with Crippen LogP contribution in [0, 0.1) is 11.3 Å². The van der Waals surface area contributed by atoms with Crippen LogP contribution in [0.2, 0.25) is 0 Å². The van der Waals surface area contributed by atoms with E-state index in [0.29, 0.717) is 18.6 Å². The van der Waals surface area contributed by atoms with Gasteiger partial charge in [-0.2, -0.15) is 0 Å². The van der Waals surface area contributed by atoms with Crippen molar-refractivity contribution in [3.8, 4) is 5.75 Å². The van der Waals surface area contributed by atoms with E-state index in [0.717, 1.165) is 17.9 Å². The molecule has 0 aliphatic rings. The van der Waals surface area contributed by atoms with Crippen LogP contribution in [-0.2, 0) is 0 Å². The summed E-state index contributed by atoms with van der Waals surface area (Å²) >= 11 is 0. The Kier molecular flexibility index (Phi) is 5.83. The molecule has 1 unspecified atom stereocenters. The number of nitrogen functional groups attached to an aromatic ring is 1. The van der Waals surface area contributed by atoms with Crippen molar-refractivity contribution in [1.29, 1.82) is 5.41 Å². The maximum absolute atomic E-state index is 7.32. The van der Waals surface area contributed by atoms with Gasteiger partial charge >= 0.3 is 0 Å². The molecule has 3 N–H and O–H groups in total. The Bertz CT molecular complexity index is 400. The third kappa shape index (κ3) is 4.91. The minimum Gasteiger partial charge on any atom is -0.492 e. The van der Waals surface area contributed by atoms with E-state index in [-0.39, 0.29) is 5.84 Å². The number of likely N-dealkylation sites (N-methyl/N-ethyl adjacent to an activating group) is 1. The molecule has 4 heteroatoms. The molecule has 1 aromatic rings. The van der Waals surface area contributed by atoms with E-state index in [4.69, 9.17) is 15.9 Å². The fourth-order valence-corrected chi connectivity index (χ4v) is 1.75. The average Bonchev–Trinajstić information content (AvgIpc) is 2.38. The van der Waals surface area contributed by atoms with E-state index < -0.39 is 0 Å². The number of rotatable bonds is 7. The second-order valence-electron chi connectivity index (χ2n) is 5.25. The summed E-state index contributed by atoms with van der Waals surface area (Å²) in [6.07, 6.45) is 0. The number of hydrogen-bond acceptors (Lipinski definition) is 3. The normalized spacial score (nSPS) is 12.7. The third-order valence-corrected chi connectivity index (χ3v) is 3.54. The van der Waals surface area contributed by atoms with Gasteiger partial charge in [-0.15, -0.1) is 0 Å². The van der Waals surface area contributed by atoms with Crippen molar-refractivity contribution >= 4 is 5.84 Å². The predicted molar refractivity (Wildman–Crippen MR) is 79.9 cm³/mol. The number of nitrogens with one attached hydrogen (secondary N) is 1. The van der Waals surface area contributed by atoms with E-state index in [1.807, 2.05) is 12.1 Å². The van der Waals surface area contributed by atoms with Crippen LogP contribution in [0.4, 0.5) is 0 Å². The summed E-state index contributed by atoms with van der Waals surface area (Å²) in [5.74, 6) is 1.53. The fraction of sp³-hybridized carbons (Fsp3) is 0.533. The van der Waals surface area contributed by atoms with Crippen molar-refractivity contribution in [2.24, 2.45) is 11.7 Å². The SMILES string of the molecule is CC(C)C(C)N(C)CCOc1ccc(C(=N)N)cc1. The second-order valence-corrected chi connectivity index (χ2v) is 5.25. The van der Waals surface area contributed by atoms with Crippen LogP contribution in [0.3, 0.4) is 0 Å². The van der Waals surface area contributed by atoms with E-state index in [1.54, 1.807) is 12.1 Å². The lowest BCUT2D eigenvalue weighted by Gasteiger charge is -2.27. The first-order chi connectivity index (χ1) is 8.91. The molecule has 1 rings (SSSR count). The molecule has 19 heavy (non-hydrogen) atoms. The molecular formula is C15H25N3O. The van der Waals surface area contributed by atoms with Crippen LogP contribution < -0.4 is 10.5 Å². The van der Waals surface area contributed by atoms with Crippen molar-refractivity contribution in [2.45, 2.75) is 26.8 Å². The van der Waals surface area contributed by atoms with Crippen LogP contribution in [0.15, 0.2) is 24.3 Å². The Morgan fingerprint density at radius 3 is 2.32 bits per heavy atom. The first kappa shape index (κ1) is 15.5. The van der Waals surface area contributed by atoms with Crippen molar-refractivity contribution in [1.82, 2.24) is 4.90 Å². The van der Waals surface area contributed by atoms with Gasteiger partial charge in [-0.05, 0) is 44.2 Å². The molecule has 1 aromatic carbocycles. The van der Waals surface area contributed by atoms with Crippen LogP contribution in [-0.4, -0.2) is 37.0 Å². The molecule has 4 nitrogen and oxygen atoms in total. The van der Waals surface area contributed by atoms with Gasteiger partial charge in [0.1, 0.15) is 18.2 Å². The highest BCUT2D eigenvalue weighted by Gasteiger charge is 2.12. The third-order valence-electron chi connectivity index (χ3n) is 3.54. The van der Waals surface area contributed by atoms with Gasteiger partial charge < -0.3 is 15.4 Å². The summed E-state index contributed by atoms with van der Waals surface area (Å²) in [5, 5.41) is 7.32. The zero-order chi connectivity index (χ0) is 14.4. The molecule has 0 aliphatic carbocycles. The van der Waals surface area contributed by atoms with Gasteiger partial charge in [0.15, 0.2) is 0 Å². The fourth-order valence-electron chi connectivity index (χ4n) is 1.75. The van der Waals surface area contributed by atoms with E-state index in [2.05, 4.69) is 32.7 Å².